The van der Waals surface area contributed by atoms with E-state index in [2.05, 4.69) is 0 Å². The van der Waals surface area contributed by atoms with Gasteiger partial charge in [-0.25, -0.2) is 4.39 Å². The molecular weight excluding hydrogens is 335 g/mol. The highest BCUT2D eigenvalue weighted by Gasteiger charge is 2.16. The molecule has 0 atom stereocenters. The number of amides is 2. The third-order valence-electron chi connectivity index (χ3n) is 3.81. The molecule has 2 aromatic carbocycles. The quantitative estimate of drug-likeness (QED) is 0.700. The Kier molecular flexibility index (Phi) is 7.14. The molecule has 0 aliphatic carbocycles. The number of primary amides is 1. The number of nitrogens with zero attached hydrogens (tertiary/aromatic N) is 1. The van der Waals surface area contributed by atoms with Gasteiger partial charge in [-0.1, -0.05) is 12.1 Å². The van der Waals surface area contributed by atoms with Gasteiger partial charge in [0.05, 0.1) is 6.61 Å². The van der Waals surface area contributed by atoms with Gasteiger partial charge in [-0.3, -0.25) is 9.59 Å². The second-order valence-electron chi connectivity index (χ2n) is 6.01. The van der Waals surface area contributed by atoms with Crippen LogP contribution in [0.25, 0.3) is 0 Å². The first-order chi connectivity index (χ1) is 12.5. The smallest absolute Gasteiger partial charge is 0.227 e. The monoisotopic (exact) mass is 358 g/mol. The Morgan fingerprint density at radius 1 is 1.12 bits per heavy atom. The summed E-state index contributed by atoms with van der Waals surface area (Å²) < 4.78 is 18.8. The molecule has 0 unspecified atom stereocenters. The van der Waals surface area contributed by atoms with E-state index < -0.39 is 5.91 Å². The molecule has 2 aromatic rings. The predicted octanol–water partition coefficient (Wildman–Crippen LogP) is 3.20. The lowest BCUT2D eigenvalue weighted by atomic mass is 10.2. The summed E-state index contributed by atoms with van der Waals surface area (Å²) in [6.07, 6.45) is 0.825. The molecule has 2 amide bonds. The number of aryl methyl sites for hydroxylation is 1. The minimum Gasteiger partial charge on any atom is -0.494 e. The van der Waals surface area contributed by atoms with Crippen molar-refractivity contribution in [1.29, 1.82) is 0 Å². The maximum Gasteiger partial charge on any atom is 0.227 e. The van der Waals surface area contributed by atoms with Crippen molar-refractivity contribution >= 4 is 17.5 Å². The first kappa shape index (κ1) is 19.4. The van der Waals surface area contributed by atoms with Crippen molar-refractivity contribution in [2.75, 3.05) is 18.1 Å². The van der Waals surface area contributed by atoms with E-state index in [1.807, 2.05) is 31.2 Å². The van der Waals surface area contributed by atoms with Crippen LogP contribution in [0.5, 0.6) is 5.75 Å². The number of carbonyl (C=O) groups excluding carboxylic acids is 2. The molecule has 0 aromatic heterocycles. The zero-order valence-electron chi connectivity index (χ0n) is 14.8. The van der Waals surface area contributed by atoms with E-state index in [1.54, 1.807) is 0 Å². The van der Waals surface area contributed by atoms with Crippen LogP contribution >= 0.6 is 0 Å². The molecule has 0 spiro atoms. The van der Waals surface area contributed by atoms with E-state index in [9.17, 15) is 14.0 Å². The SMILES string of the molecule is Cc1cccc(OCCCC(=O)N(CCC(N)=O)c2ccc(F)cc2)c1. The molecule has 2 N–H and O–H groups in total. The summed E-state index contributed by atoms with van der Waals surface area (Å²) in [4.78, 5) is 25.0. The highest BCUT2D eigenvalue weighted by Crippen LogP contribution is 2.18. The molecule has 0 fully saturated rings. The van der Waals surface area contributed by atoms with Crippen molar-refractivity contribution in [1.82, 2.24) is 0 Å². The third kappa shape index (κ3) is 6.20. The number of ether oxygens (including phenoxy) is 1. The lowest BCUT2D eigenvalue weighted by Crippen LogP contribution is -2.34. The van der Waals surface area contributed by atoms with Crippen LogP contribution in [0.1, 0.15) is 24.8 Å². The summed E-state index contributed by atoms with van der Waals surface area (Å²) in [5, 5.41) is 0. The van der Waals surface area contributed by atoms with Crippen LogP contribution < -0.4 is 15.4 Å². The molecule has 0 saturated heterocycles. The molecule has 138 valence electrons. The number of rotatable bonds is 9. The molecular formula is C20H23FN2O3. The molecule has 5 nitrogen and oxygen atoms in total. The molecule has 0 heterocycles. The summed E-state index contributed by atoms with van der Waals surface area (Å²) in [5.74, 6) is -0.275. The Labute approximate surface area is 152 Å². The Morgan fingerprint density at radius 2 is 1.85 bits per heavy atom. The van der Waals surface area contributed by atoms with Crippen molar-refractivity contribution in [3.63, 3.8) is 0 Å². The van der Waals surface area contributed by atoms with E-state index in [-0.39, 0.29) is 31.1 Å². The minimum absolute atomic E-state index is 0.0446. The van der Waals surface area contributed by atoms with Crippen LogP contribution in [0.3, 0.4) is 0 Å². The first-order valence-electron chi connectivity index (χ1n) is 8.49. The van der Waals surface area contributed by atoms with Gasteiger partial charge in [0, 0.05) is 25.1 Å². The maximum atomic E-state index is 13.1. The van der Waals surface area contributed by atoms with E-state index in [4.69, 9.17) is 10.5 Å². The second-order valence-corrected chi connectivity index (χ2v) is 6.01. The van der Waals surface area contributed by atoms with E-state index in [1.165, 1.54) is 29.2 Å². The average molecular weight is 358 g/mol. The van der Waals surface area contributed by atoms with Gasteiger partial charge >= 0.3 is 0 Å². The molecule has 6 heteroatoms. The van der Waals surface area contributed by atoms with Crippen LogP contribution in [0.2, 0.25) is 0 Å². The fourth-order valence-corrected chi connectivity index (χ4v) is 2.49. The molecule has 0 aliphatic rings. The number of hydrogen-bond donors (Lipinski definition) is 1. The number of benzene rings is 2. The number of carbonyl (C=O) groups is 2. The van der Waals surface area contributed by atoms with Gasteiger partial charge in [-0.2, -0.15) is 0 Å². The maximum absolute atomic E-state index is 13.1. The third-order valence-corrected chi connectivity index (χ3v) is 3.81. The summed E-state index contributed by atoms with van der Waals surface area (Å²) in [7, 11) is 0. The largest absolute Gasteiger partial charge is 0.494 e. The predicted molar refractivity (Wildman–Crippen MR) is 98.5 cm³/mol. The Balaban J connectivity index is 1.90. The molecule has 0 radical (unpaired) electrons. The van der Waals surface area contributed by atoms with E-state index >= 15 is 0 Å². The number of halogens is 1. The summed E-state index contributed by atoms with van der Waals surface area (Å²) in [5.41, 5.74) is 6.83. The molecule has 0 saturated carbocycles. The van der Waals surface area contributed by atoms with Gasteiger partial charge in [-0.05, 0) is 55.3 Å². The second kappa shape index (κ2) is 9.56. The van der Waals surface area contributed by atoms with Crippen molar-refractivity contribution in [2.24, 2.45) is 5.73 Å². The summed E-state index contributed by atoms with van der Waals surface area (Å²) in [6.45, 7) is 2.55. The fraction of sp³-hybridized carbons (Fsp3) is 0.300. The van der Waals surface area contributed by atoms with Crippen LogP contribution in [0, 0.1) is 12.7 Å². The number of anilines is 1. The van der Waals surface area contributed by atoms with Gasteiger partial charge in [0.25, 0.3) is 0 Å². The molecule has 0 aliphatic heterocycles. The van der Waals surface area contributed by atoms with Crippen LogP contribution in [0.15, 0.2) is 48.5 Å². The lowest BCUT2D eigenvalue weighted by Gasteiger charge is -2.22. The number of nitrogens with two attached hydrogens (primary N) is 1. The topological polar surface area (TPSA) is 72.6 Å². The van der Waals surface area contributed by atoms with E-state index in [0.29, 0.717) is 18.7 Å². The van der Waals surface area contributed by atoms with Crippen LogP contribution in [-0.2, 0) is 9.59 Å². The van der Waals surface area contributed by atoms with Crippen molar-refractivity contribution in [3.8, 4) is 5.75 Å². The normalized spacial score (nSPS) is 10.4. The lowest BCUT2D eigenvalue weighted by molar-refractivity contribution is -0.119. The fourth-order valence-electron chi connectivity index (χ4n) is 2.49. The summed E-state index contributed by atoms with van der Waals surface area (Å²) >= 11 is 0. The van der Waals surface area contributed by atoms with Gasteiger partial charge in [0.2, 0.25) is 11.8 Å². The molecule has 0 bridgehead atoms. The summed E-state index contributed by atoms with van der Waals surface area (Å²) in [6, 6.07) is 13.3. The number of hydrogen-bond acceptors (Lipinski definition) is 3. The zero-order chi connectivity index (χ0) is 18.9. The van der Waals surface area contributed by atoms with Crippen LogP contribution in [-0.4, -0.2) is 25.0 Å². The zero-order valence-corrected chi connectivity index (χ0v) is 14.8. The average Bonchev–Trinajstić information content (AvgIpc) is 2.60. The van der Waals surface area contributed by atoms with Gasteiger partial charge in [0.15, 0.2) is 0 Å². The van der Waals surface area contributed by atoms with Crippen molar-refractivity contribution < 1.29 is 18.7 Å². The standard InChI is InChI=1S/C20H23FN2O3/c1-15-4-2-5-18(14-15)26-13-3-6-20(25)23(12-11-19(22)24)17-9-7-16(21)8-10-17/h2,4-5,7-10,14H,3,6,11-13H2,1H3,(H2,22,24). The van der Waals surface area contributed by atoms with Gasteiger partial charge in [-0.15, -0.1) is 0 Å². The first-order valence-corrected chi connectivity index (χ1v) is 8.49. The van der Waals surface area contributed by atoms with Crippen molar-refractivity contribution in [2.45, 2.75) is 26.2 Å². The Bertz CT molecular complexity index is 747. The highest BCUT2D eigenvalue weighted by atomic mass is 19.1. The van der Waals surface area contributed by atoms with Gasteiger partial charge in [0.1, 0.15) is 11.6 Å². The Morgan fingerprint density at radius 3 is 2.50 bits per heavy atom. The minimum atomic E-state index is -0.493. The van der Waals surface area contributed by atoms with Crippen LogP contribution in [0.4, 0.5) is 10.1 Å². The van der Waals surface area contributed by atoms with Gasteiger partial charge < -0.3 is 15.4 Å². The molecule has 26 heavy (non-hydrogen) atoms. The Hall–Kier alpha value is -2.89. The van der Waals surface area contributed by atoms with E-state index in [0.717, 1.165) is 11.3 Å². The molecule has 2 rings (SSSR count). The van der Waals surface area contributed by atoms with Crippen molar-refractivity contribution in [3.05, 3.63) is 59.9 Å². The highest BCUT2D eigenvalue weighted by molar-refractivity contribution is 5.94.